The van der Waals surface area contributed by atoms with Gasteiger partial charge in [-0.05, 0) is 31.2 Å². The van der Waals surface area contributed by atoms with Crippen LogP contribution < -0.4 is 5.32 Å². The average molecular weight is 316 g/mol. The van der Waals surface area contributed by atoms with Crippen LogP contribution in [0.4, 0.5) is 0 Å². The molecular formula is C18H24N2O3. The van der Waals surface area contributed by atoms with Gasteiger partial charge in [0.2, 0.25) is 11.8 Å². The largest absolute Gasteiger partial charge is 0.376 e. The fourth-order valence-corrected chi connectivity index (χ4v) is 3.26. The maximum Gasteiger partial charge on any atom is 0.245 e. The second kappa shape index (κ2) is 7.59. The van der Waals surface area contributed by atoms with Crippen molar-refractivity contribution in [1.29, 1.82) is 0 Å². The van der Waals surface area contributed by atoms with E-state index in [4.69, 9.17) is 4.74 Å². The molecular weight excluding hydrogens is 292 g/mol. The Labute approximate surface area is 137 Å². The third-order valence-corrected chi connectivity index (χ3v) is 4.56. The second-order valence-corrected chi connectivity index (χ2v) is 6.31. The Hall–Kier alpha value is -1.88. The highest BCUT2D eigenvalue weighted by Crippen LogP contribution is 2.17. The minimum atomic E-state index is -0.320. The van der Waals surface area contributed by atoms with E-state index in [1.807, 2.05) is 11.0 Å². The van der Waals surface area contributed by atoms with Gasteiger partial charge in [-0.2, -0.15) is 0 Å². The molecule has 2 heterocycles. The van der Waals surface area contributed by atoms with Gasteiger partial charge in [-0.3, -0.25) is 9.59 Å². The van der Waals surface area contributed by atoms with Gasteiger partial charge in [0.25, 0.3) is 0 Å². The van der Waals surface area contributed by atoms with Crippen LogP contribution in [0.15, 0.2) is 30.3 Å². The van der Waals surface area contributed by atoms with Crippen molar-refractivity contribution in [1.82, 2.24) is 10.2 Å². The Morgan fingerprint density at radius 1 is 1.26 bits per heavy atom. The zero-order valence-electron chi connectivity index (χ0n) is 13.4. The average Bonchev–Trinajstić information content (AvgIpc) is 3.21. The number of carbonyl (C=O) groups excluding carboxylic acids is 2. The summed E-state index contributed by atoms with van der Waals surface area (Å²) in [5.74, 6) is 0.0301. The van der Waals surface area contributed by atoms with E-state index < -0.39 is 0 Å². The Morgan fingerprint density at radius 3 is 2.83 bits per heavy atom. The first-order valence-electron chi connectivity index (χ1n) is 8.46. The van der Waals surface area contributed by atoms with Crippen molar-refractivity contribution in [3.8, 4) is 0 Å². The molecule has 0 radical (unpaired) electrons. The molecule has 0 spiro atoms. The lowest BCUT2D eigenvalue weighted by Gasteiger charge is -2.20. The number of nitrogens with zero attached hydrogens (tertiary/aromatic N) is 1. The van der Waals surface area contributed by atoms with E-state index in [1.165, 1.54) is 5.56 Å². The number of benzene rings is 1. The van der Waals surface area contributed by atoms with Gasteiger partial charge in [0.15, 0.2) is 0 Å². The van der Waals surface area contributed by atoms with Crippen molar-refractivity contribution in [2.75, 3.05) is 19.7 Å². The van der Waals surface area contributed by atoms with Crippen LogP contribution in [-0.4, -0.2) is 48.6 Å². The summed E-state index contributed by atoms with van der Waals surface area (Å²) in [6.07, 6.45) is 4.11. The van der Waals surface area contributed by atoms with Crippen LogP contribution in [0.1, 0.15) is 31.2 Å². The highest BCUT2D eigenvalue weighted by Gasteiger charge is 2.34. The summed E-state index contributed by atoms with van der Waals surface area (Å²) in [7, 11) is 0. The van der Waals surface area contributed by atoms with Crippen LogP contribution >= 0.6 is 0 Å². The highest BCUT2D eigenvalue weighted by molar-refractivity contribution is 5.90. The number of nitrogens with one attached hydrogen (secondary N) is 1. The van der Waals surface area contributed by atoms with Crippen LogP contribution in [0, 0.1) is 0 Å². The van der Waals surface area contributed by atoms with E-state index in [2.05, 4.69) is 29.6 Å². The standard InChI is InChI=1S/C18H24N2O3/c21-17-9-8-16(19-17)18(22)20-11-10-15(13-20)23-12-4-7-14-5-2-1-3-6-14/h1-3,5-6,15-16H,4,7-13H2,(H,19,21). The fraction of sp³-hybridized carbons (Fsp3) is 0.556. The summed E-state index contributed by atoms with van der Waals surface area (Å²) in [6.45, 7) is 2.10. The van der Waals surface area contributed by atoms with Crippen molar-refractivity contribution in [3.63, 3.8) is 0 Å². The van der Waals surface area contributed by atoms with Crippen molar-refractivity contribution in [3.05, 3.63) is 35.9 Å². The maximum atomic E-state index is 12.3. The van der Waals surface area contributed by atoms with Crippen molar-refractivity contribution in [2.24, 2.45) is 0 Å². The third-order valence-electron chi connectivity index (χ3n) is 4.56. The van der Waals surface area contributed by atoms with Crippen molar-refractivity contribution >= 4 is 11.8 Å². The van der Waals surface area contributed by atoms with Gasteiger partial charge < -0.3 is 15.0 Å². The SMILES string of the molecule is O=C1CCC(C(=O)N2CCC(OCCCc3ccccc3)C2)N1. The molecule has 0 aliphatic carbocycles. The molecule has 2 unspecified atom stereocenters. The van der Waals surface area contributed by atoms with Gasteiger partial charge in [-0.1, -0.05) is 30.3 Å². The summed E-state index contributed by atoms with van der Waals surface area (Å²) < 4.78 is 5.91. The number of amides is 2. The minimum Gasteiger partial charge on any atom is -0.376 e. The molecule has 2 aliphatic heterocycles. The number of aryl methyl sites for hydroxylation is 1. The Kier molecular flexibility index (Phi) is 5.28. The van der Waals surface area contributed by atoms with E-state index in [1.54, 1.807) is 0 Å². The van der Waals surface area contributed by atoms with Crippen LogP contribution in [0.25, 0.3) is 0 Å². The Bertz CT molecular complexity index is 546. The molecule has 124 valence electrons. The third kappa shape index (κ3) is 4.32. The van der Waals surface area contributed by atoms with Gasteiger partial charge in [-0.25, -0.2) is 0 Å². The zero-order chi connectivity index (χ0) is 16.1. The van der Waals surface area contributed by atoms with Gasteiger partial charge in [0.05, 0.1) is 6.10 Å². The van der Waals surface area contributed by atoms with E-state index in [0.717, 1.165) is 32.4 Å². The number of hydrogen-bond acceptors (Lipinski definition) is 3. The van der Waals surface area contributed by atoms with E-state index >= 15 is 0 Å². The molecule has 5 nitrogen and oxygen atoms in total. The molecule has 1 N–H and O–H groups in total. The summed E-state index contributed by atoms with van der Waals surface area (Å²) in [6, 6.07) is 10.1. The van der Waals surface area contributed by atoms with E-state index in [-0.39, 0.29) is 24.0 Å². The maximum absolute atomic E-state index is 12.3. The van der Waals surface area contributed by atoms with Gasteiger partial charge in [0.1, 0.15) is 6.04 Å². The van der Waals surface area contributed by atoms with Gasteiger partial charge >= 0.3 is 0 Å². The van der Waals surface area contributed by atoms with Crippen LogP contribution in [-0.2, 0) is 20.7 Å². The molecule has 0 bridgehead atoms. The lowest BCUT2D eigenvalue weighted by Crippen LogP contribution is -2.43. The zero-order valence-corrected chi connectivity index (χ0v) is 13.4. The normalized spacial score (nSPS) is 24.0. The molecule has 3 rings (SSSR count). The Morgan fingerprint density at radius 2 is 2.09 bits per heavy atom. The molecule has 2 amide bonds. The van der Waals surface area contributed by atoms with Crippen molar-refractivity contribution < 1.29 is 14.3 Å². The summed E-state index contributed by atoms with van der Waals surface area (Å²) in [5.41, 5.74) is 1.33. The monoisotopic (exact) mass is 316 g/mol. The molecule has 0 aromatic heterocycles. The van der Waals surface area contributed by atoms with Gasteiger partial charge in [-0.15, -0.1) is 0 Å². The lowest BCUT2D eigenvalue weighted by molar-refractivity contribution is -0.133. The molecule has 2 saturated heterocycles. The molecule has 1 aromatic rings. The molecule has 1 aromatic carbocycles. The van der Waals surface area contributed by atoms with Crippen LogP contribution in [0.5, 0.6) is 0 Å². The first-order chi connectivity index (χ1) is 11.2. The molecule has 2 atom stereocenters. The van der Waals surface area contributed by atoms with Crippen LogP contribution in [0.3, 0.4) is 0 Å². The first-order valence-corrected chi connectivity index (χ1v) is 8.46. The fourth-order valence-electron chi connectivity index (χ4n) is 3.26. The van der Waals surface area contributed by atoms with Gasteiger partial charge in [0, 0.05) is 26.1 Å². The quantitative estimate of drug-likeness (QED) is 0.810. The number of rotatable bonds is 6. The second-order valence-electron chi connectivity index (χ2n) is 6.31. The Balaban J connectivity index is 1.35. The summed E-state index contributed by atoms with van der Waals surface area (Å²) >= 11 is 0. The molecule has 2 aliphatic rings. The first kappa shape index (κ1) is 16.0. The lowest BCUT2D eigenvalue weighted by atomic mass is 10.1. The molecule has 0 saturated carbocycles. The summed E-state index contributed by atoms with van der Waals surface area (Å²) in [4.78, 5) is 25.4. The number of likely N-dealkylation sites (tertiary alicyclic amines) is 1. The van der Waals surface area contributed by atoms with E-state index in [9.17, 15) is 9.59 Å². The van der Waals surface area contributed by atoms with E-state index in [0.29, 0.717) is 19.4 Å². The number of ether oxygens (including phenoxy) is 1. The topological polar surface area (TPSA) is 58.6 Å². The summed E-state index contributed by atoms with van der Waals surface area (Å²) in [5, 5.41) is 2.74. The molecule has 23 heavy (non-hydrogen) atoms. The van der Waals surface area contributed by atoms with Crippen LogP contribution in [0.2, 0.25) is 0 Å². The number of carbonyl (C=O) groups is 2. The molecule has 5 heteroatoms. The molecule has 2 fully saturated rings. The highest BCUT2D eigenvalue weighted by atomic mass is 16.5. The van der Waals surface area contributed by atoms with Crippen molar-refractivity contribution in [2.45, 2.75) is 44.2 Å². The number of hydrogen-bond donors (Lipinski definition) is 1. The predicted molar refractivity (Wildman–Crippen MR) is 86.9 cm³/mol. The smallest absolute Gasteiger partial charge is 0.245 e. The predicted octanol–water partition coefficient (Wildman–Crippen LogP) is 1.52. The minimum absolute atomic E-state index is 0.0174.